The van der Waals surface area contributed by atoms with Gasteiger partial charge in [0, 0.05) is 42.3 Å². The Kier molecular flexibility index (Phi) is 6.06. The van der Waals surface area contributed by atoms with Crippen LogP contribution in [0.2, 0.25) is 5.02 Å². The summed E-state index contributed by atoms with van der Waals surface area (Å²) in [4.78, 5) is 33.1. The summed E-state index contributed by atoms with van der Waals surface area (Å²) in [7, 11) is 0. The molecule has 9 heteroatoms. The summed E-state index contributed by atoms with van der Waals surface area (Å²) in [5, 5.41) is 5.66. The van der Waals surface area contributed by atoms with Crippen LogP contribution in [0.1, 0.15) is 16.2 Å². The first-order chi connectivity index (χ1) is 14.5. The van der Waals surface area contributed by atoms with Crippen molar-refractivity contribution in [1.82, 2.24) is 15.2 Å². The highest BCUT2D eigenvalue weighted by Crippen LogP contribution is 2.25. The molecule has 3 aromatic rings. The molecule has 156 valence electrons. The van der Waals surface area contributed by atoms with Crippen LogP contribution < -0.4 is 10.2 Å². The predicted octanol–water partition coefficient (Wildman–Crippen LogP) is 3.44. The van der Waals surface area contributed by atoms with E-state index in [4.69, 9.17) is 16.0 Å². The zero-order valence-electron chi connectivity index (χ0n) is 16.4. The first kappa shape index (κ1) is 20.4. The van der Waals surface area contributed by atoms with Gasteiger partial charge < -0.3 is 19.5 Å². The summed E-state index contributed by atoms with van der Waals surface area (Å²) in [5.41, 5.74) is 1.33. The van der Waals surface area contributed by atoms with Crippen molar-refractivity contribution in [2.24, 2.45) is 0 Å². The van der Waals surface area contributed by atoms with Crippen LogP contribution in [0.3, 0.4) is 0 Å². The van der Waals surface area contributed by atoms with E-state index in [1.54, 1.807) is 10.3 Å². The third-order valence-corrected chi connectivity index (χ3v) is 5.99. The number of piperazine rings is 1. The molecule has 1 fully saturated rings. The van der Waals surface area contributed by atoms with Crippen LogP contribution in [0, 0.1) is 6.92 Å². The number of halogens is 1. The fourth-order valence-electron chi connectivity index (χ4n) is 3.29. The Morgan fingerprint density at radius 2 is 2.00 bits per heavy atom. The molecule has 0 aliphatic carbocycles. The molecule has 0 bridgehead atoms. The van der Waals surface area contributed by atoms with Gasteiger partial charge in [0.05, 0.1) is 6.54 Å². The highest BCUT2D eigenvalue weighted by atomic mass is 35.5. The minimum atomic E-state index is -0.369. The highest BCUT2D eigenvalue weighted by Gasteiger charge is 2.22. The van der Waals surface area contributed by atoms with Gasteiger partial charge in [0.2, 0.25) is 5.91 Å². The fourth-order valence-corrected chi connectivity index (χ4v) is 4.23. The van der Waals surface area contributed by atoms with E-state index in [0.717, 1.165) is 24.5 Å². The van der Waals surface area contributed by atoms with Gasteiger partial charge in [-0.15, -0.1) is 11.3 Å². The molecule has 1 N–H and O–H groups in total. The lowest BCUT2D eigenvalue weighted by Gasteiger charge is -2.36. The molecule has 1 aliphatic rings. The Morgan fingerprint density at radius 1 is 1.20 bits per heavy atom. The average molecular weight is 445 g/mol. The van der Waals surface area contributed by atoms with Crippen molar-refractivity contribution in [2.45, 2.75) is 6.92 Å². The largest absolute Gasteiger partial charge is 0.459 e. The number of anilines is 1. The van der Waals surface area contributed by atoms with E-state index < -0.39 is 0 Å². The summed E-state index contributed by atoms with van der Waals surface area (Å²) in [6.45, 7) is 4.43. The minimum absolute atomic E-state index is 0.0529. The monoisotopic (exact) mass is 444 g/mol. The van der Waals surface area contributed by atoms with Crippen molar-refractivity contribution >= 4 is 40.4 Å². The number of carbonyl (C=O) groups excluding carboxylic acids is 2. The van der Waals surface area contributed by atoms with Crippen LogP contribution in [0.25, 0.3) is 10.8 Å². The molecule has 0 atom stereocenters. The first-order valence-corrected chi connectivity index (χ1v) is 10.8. The predicted molar refractivity (Wildman–Crippen MR) is 117 cm³/mol. The molecule has 3 heterocycles. The molecular formula is C21H21ClN4O3S. The quantitative estimate of drug-likeness (QED) is 0.652. The van der Waals surface area contributed by atoms with Gasteiger partial charge in [-0.1, -0.05) is 17.7 Å². The Morgan fingerprint density at radius 3 is 2.70 bits per heavy atom. The summed E-state index contributed by atoms with van der Waals surface area (Å²) in [6, 6.07) is 11.4. The lowest BCUT2D eigenvalue weighted by Crippen LogP contribution is -2.51. The number of thiazole rings is 1. The number of nitrogens with one attached hydrogen (secondary N) is 1. The van der Waals surface area contributed by atoms with E-state index >= 15 is 0 Å². The maximum atomic E-state index is 12.5. The van der Waals surface area contributed by atoms with Gasteiger partial charge in [0.1, 0.15) is 11.5 Å². The number of amides is 2. The topological polar surface area (TPSA) is 78.7 Å². The van der Waals surface area contributed by atoms with Crippen molar-refractivity contribution in [3.63, 3.8) is 0 Å². The lowest BCUT2D eigenvalue weighted by atomic mass is 10.2. The highest BCUT2D eigenvalue weighted by molar-refractivity contribution is 7.13. The number of rotatable bonds is 5. The second-order valence-electron chi connectivity index (χ2n) is 6.98. The Bertz CT molecular complexity index is 1060. The number of hydrogen-bond acceptors (Lipinski definition) is 6. The van der Waals surface area contributed by atoms with Gasteiger partial charge in [-0.25, -0.2) is 4.98 Å². The molecule has 7 nitrogen and oxygen atoms in total. The summed E-state index contributed by atoms with van der Waals surface area (Å²) < 4.78 is 5.53. The maximum absolute atomic E-state index is 12.5. The molecule has 0 spiro atoms. The summed E-state index contributed by atoms with van der Waals surface area (Å²) in [5.74, 6) is 0.940. The number of carbonyl (C=O) groups is 2. The van der Waals surface area contributed by atoms with E-state index in [2.05, 4.69) is 15.2 Å². The lowest BCUT2D eigenvalue weighted by molar-refractivity contribution is -0.130. The smallest absolute Gasteiger partial charge is 0.271 e. The number of benzene rings is 1. The second-order valence-corrected chi connectivity index (χ2v) is 8.27. The van der Waals surface area contributed by atoms with Crippen LogP contribution in [0.5, 0.6) is 0 Å². The number of nitrogens with zero attached hydrogens (tertiary/aromatic N) is 3. The molecule has 0 radical (unpaired) electrons. The number of aryl methyl sites for hydroxylation is 1. The van der Waals surface area contributed by atoms with Gasteiger partial charge in [0.25, 0.3) is 5.91 Å². The van der Waals surface area contributed by atoms with Crippen molar-refractivity contribution in [3.05, 3.63) is 58.3 Å². The van der Waals surface area contributed by atoms with Crippen LogP contribution >= 0.6 is 22.9 Å². The summed E-state index contributed by atoms with van der Waals surface area (Å²) >= 11 is 7.39. The molecule has 30 heavy (non-hydrogen) atoms. The van der Waals surface area contributed by atoms with Crippen LogP contribution in [0.4, 0.5) is 5.69 Å². The molecule has 0 unspecified atom stereocenters. The molecule has 2 amide bonds. The van der Waals surface area contributed by atoms with Crippen LogP contribution in [-0.4, -0.2) is 54.4 Å². The van der Waals surface area contributed by atoms with E-state index in [9.17, 15) is 9.59 Å². The van der Waals surface area contributed by atoms with Crippen LogP contribution in [-0.2, 0) is 4.79 Å². The van der Waals surface area contributed by atoms with Gasteiger partial charge in [0.15, 0.2) is 10.8 Å². The van der Waals surface area contributed by atoms with E-state index in [1.165, 1.54) is 11.3 Å². The van der Waals surface area contributed by atoms with Gasteiger partial charge in [-0.3, -0.25) is 9.59 Å². The molecular weight excluding hydrogens is 424 g/mol. The fraction of sp³-hybridized carbons (Fsp3) is 0.286. The Labute approximate surface area is 183 Å². The summed E-state index contributed by atoms with van der Waals surface area (Å²) in [6.07, 6.45) is 0. The maximum Gasteiger partial charge on any atom is 0.271 e. The van der Waals surface area contributed by atoms with Crippen molar-refractivity contribution < 1.29 is 14.0 Å². The Hall–Kier alpha value is -2.84. The van der Waals surface area contributed by atoms with Gasteiger partial charge in [-0.05, 0) is 37.3 Å². The molecule has 2 aromatic heterocycles. The number of hydrogen-bond donors (Lipinski definition) is 1. The third kappa shape index (κ3) is 4.66. The van der Waals surface area contributed by atoms with Crippen molar-refractivity contribution in [1.29, 1.82) is 0 Å². The molecule has 1 aliphatic heterocycles. The van der Waals surface area contributed by atoms with Gasteiger partial charge >= 0.3 is 0 Å². The molecule has 0 saturated carbocycles. The van der Waals surface area contributed by atoms with Crippen molar-refractivity contribution in [3.8, 4) is 10.8 Å². The van der Waals surface area contributed by atoms with Crippen LogP contribution in [0.15, 0.2) is 46.2 Å². The number of furan rings is 1. The normalized spacial score (nSPS) is 14.1. The molecule has 1 aromatic carbocycles. The average Bonchev–Trinajstić information content (AvgIpc) is 3.41. The zero-order valence-corrected chi connectivity index (χ0v) is 18.0. The standard InChI is InChI=1S/C21H21ClN4O3S/c1-14-5-6-18(29-14)21-24-17(13-30-21)20(28)23-12-19(27)26-9-7-25(8-10-26)16-4-2-3-15(22)11-16/h2-6,11,13H,7-10,12H2,1H3,(H,23,28). The van der Waals surface area contributed by atoms with E-state index in [1.807, 2.05) is 43.3 Å². The Balaban J connectivity index is 1.27. The first-order valence-electron chi connectivity index (χ1n) is 9.58. The van der Waals surface area contributed by atoms with Crippen molar-refractivity contribution in [2.75, 3.05) is 37.6 Å². The minimum Gasteiger partial charge on any atom is -0.459 e. The van der Waals surface area contributed by atoms with E-state index in [-0.39, 0.29) is 24.1 Å². The van der Waals surface area contributed by atoms with E-state index in [0.29, 0.717) is 28.9 Å². The zero-order chi connectivity index (χ0) is 21.1. The number of aromatic nitrogens is 1. The second kappa shape index (κ2) is 8.89. The molecule has 4 rings (SSSR count). The van der Waals surface area contributed by atoms with Gasteiger partial charge in [-0.2, -0.15) is 0 Å². The SMILES string of the molecule is Cc1ccc(-c2nc(C(=O)NCC(=O)N3CCN(c4cccc(Cl)c4)CC3)cs2)o1. The third-order valence-electron chi connectivity index (χ3n) is 4.89. The molecule has 1 saturated heterocycles.